The Morgan fingerprint density at radius 2 is 2.22 bits per heavy atom. The van der Waals surface area contributed by atoms with Crippen LogP contribution < -0.4 is 4.74 Å². The molecule has 2 fully saturated rings. The predicted molar refractivity (Wildman–Crippen MR) is 86.1 cm³/mol. The molecular weight excluding hydrogens is 292 g/mol. The second-order valence-electron chi connectivity index (χ2n) is 6.34. The van der Waals surface area contributed by atoms with Crippen LogP contribution >= 0.6 is 0 Å². The standard InChI is InChI=1S/C18H24N2O3/c1-18(22-10-11-23-18)16-5-3-7-20(14-16)8-9-21-17-6-2-4-15(12-17)13-19/h2,4,6,12,16H,3,5,7-11,14H2,1H3/t16-/m1/s1. The van der Waals surface area contributed by atoms with Gasteiger partial charge in [-0.2, -0.15) is 5.26 Å². The second kappa shape index (κ2) is 7.31. The Morgan fingerprint density at radius 3 is 3.00 bits per heavy atom. The van der Waals surface area contributed by atoms with E-state index in [0.717, 1.165) is 38.2 Å². The number of hydrogen-bond donors (Lipinski definition) is 0. The fourth-order valence-corrected chi connectivity index (χ4v) is 3.40. The molecule has 0 amide bonds. The van der Waals surface area contributed by atoms with E-state index in [-0.39, 0.29) is 0 Å². The lowest BCUT2D eigenvalue weighted by Crippen LogP contribution is -2.47. The Morgan fingerprint density at radius 1 is 1.39 bits per heavy atom. The molecule has 2 heterocycles. The number of piperidine rings is 1. The van der Waals surface area contributed by atoms with Gasteiger partial charge in [-0.05, 0) is 44.5 Å². The van der Waals surface area contributed by atoms with Crippen LogP contribution in [0.2, 0.25) is 0 Å². The fraction of sp³-hybridized carbons (Fsp3) is 0.611. The van der Waals surface area contributed by atoms with Crippen LogP contribution in [0, 0.1) is 17.2 Å². The fourth-order valence-electron chi connectivity index (χ4n) is 3.40. The van der Waals surface area contributed by atoms with Crippen LogP contribution in [0.5, 0.6) is 5.75 Å². The summed E-state index contributed by atoms with van der Waals surface area (Å²) in [4.78, 5) is 2.42. The first-order chi connectivity index (χ1) is 11.2. The van der Waals surface area contributed by atoms with E-state index in [1.807, 2.05) is 12.1 Å². The highest BCUT2D eigenvalue weighted by Crippen LogP contribution is 2.33. The Labute approximate surface area is 137 Å². The number of nitriles is 1. The van der Waals surface area contributed by atoms with E-state index in [2.05, 4.69) is 17.9 Å². The maximum atomic E-state index is 8.91. The first-order valence-corrected chi connectivity index (χ1v) is 8.33. The lowest BCUT2D eigenvalue weighted by atomic mass is 9.90. The normalized spacial score (nSPS) is 24.3. The second-order valence-corrected chi connectivity index (χ2v) is 6.34. The van der Waals surface area contributed by atoms with Crippen molar-refractivity contribution in [2.45, 2.75) is 25.6 Å². The summed E-state index contributed by atoms with van der Waals surface area (Å²) in [5.74, 6) is 0.758. The van der Waals surface area contributed by atoms with Gasteiger partial charge in [0.25, 0.3) is 0 Å². The van der Waals surface area contributed by atoms with Crippen molar-refractivity contribution in [3.8, 4) is 11.8 Å². The lowest BCUT2D eigenvalue weighted by molar-refractivity contribution is -0.192. The number of likely N-dealkylation sites (tertiary alicyclic amines) is 1. The van der Waals surface area contributed by atoms with Crippen molar-refractivity contribution in [3.63, 3.8) is 0 Å². The number of ether oxygens (including phenoxy) is 3. The highest BCUT2D eigenvalue weighted by atomic mass is 16.7. The summed E-state index contributed by atoms with van der Waals surface area (Å²) in [5, 5.41) is 8.91. The highest BCUT2D eigenvalue weighted by molar-refractivity contribution is 5.36. The van der Waals surface area contributed by atoms with Gasteiger partial charge in [-0.25, -0.2) is 0 Å². The van der Waals surface area contributed by atoms with E-state index in [9.17, 15) is 0 Å². The highest BCUT2D eigenvalue weighted by Gasteiger charge is 2.41. The average molecular weight is 316 g/mol. The lowest BCUT2D eigenvalue weighted by Gasteiger charge is -2.39. The van der Waals surface area contributed by atoms with Crippen molar-refractivity contribution in [1.29, 1.82) is 5.26 Å². The first-order valence-electron chi connectivity index (χ1n) is 8.33. The van der Waals surface area contributed by atoms with Gasteiger partial charge in [0.2, 0.25) is 0 Å². The molecule has 1 aromatic carbocycles. The first kappa shape index (κ1) is 16.3. The summed E-state index contributed by atoms with van der Waals surface area (Å²) in [6.07, 6.45) is 2.31. The molecule has 1 aromatic rings. The summed E-state index contributed by atoms with van der Waals surface area (Å²) in [5.41, 5.74) is 0.629. The molecule has 2 saturated heterocycles. The molecule has 3 rings (SSSR count). The molecule has 1 atom stereocenters. The van der Waals surface area contributed by atoms with Crippen molar-refractivity contribution in [1.82, 2.24) is 4.90 Å². The van der Waals surface area contributed by atoms with Gasteiger partial charge in [0, 0.05) is 19.0 Å². The summed E-state index contributed by atoms with van der Waals surface area (Å²) in [6, 6.07) is 9.43. The van der Waals surface area contributed by atoms with Gasteiger partial charge in [-0.1, -0.05) is 6.07 Å². The number of benzene rings is 1. The van der Waals surface area contributed by atoms with E-state index >= 15 is 0 Å². The topological polar surface area (TPSA) is 54.7 Å². The third kappa shape index (κ3) is 4.03. The molecule has 2 aliphatic rings. The minimum Gasteiger partial charge on any atom is -0.492 e. The Kier molecular flexibility index (Phi) is 5.16. The smallest absolute Gasteiger partial charge is 0.169 e. The average Bonchev–Trinajstić information content (AvgIpc) is 3.03. The monoisotopic (exact) mass is 316 g/mol. The van der Waals surface area contributed by atoms with E-state index in [0.29, 0.717) is 31.3 Å². The number of rotatable bonds is 5. The van der Waals surface area contributed by atoms with Crippen LogP contribution in [0.3, 0.4) is 0 Å². The summed E-state index contributed by atoms with van der Waals surface area (Å²) < 4.78 is 17.4. The van der Waals surface area contributed by atoms with Crippen LogP contribution in [0.15, 0.2) is 24.3 Å². The van der Waals surface area contributed by atoms with Crippen molar-refractivity contribution in [2.24, 2.45) is 5.92 Å². The number of hydrogen-bond acceptors (Lipinski definition) is 5. The minimum atomic E-state index is -0.416. The molecule has 0 aromatic heterocycles. The summed E-state index contributed by atoms with van der Waals surface area (Å²) in [7, 11) is 0. The molecule has 0 N–H and O–H groups in total. The van der Waals surface area contributed by atoms with E-state index in [1.165, 1.54) is 0 Å². The molecule has 0 aliphatic carbocycles. The molecule has 5 heteroatoms. The van der Waals surface area contributed by atoms with Crippen LogP contribution in [-0.4, -0.2) is 50.1 Å². The predicted octanol–water partition coefficient (Wildman–Crippen LogP) is 2.41. The Hall–Kier alpha value is -1.61. The number of nitrogens with zero attached hydrogens (tertiary/aromatic N) is 2. The van der Waals surface area contributed by atoms with E-state index < -0.39 is 5.79 Å². The van der Waals surface area contributed by atoms with Crippen LogP contribution in [-0.2, 0) is 9.47 Å². The van der Waals surface area contributed by atoms with Gasteiger partial charge >= 0.3 is 0 Å². The van der Waals surface area contributed by atoms with Gasteiger partial charge in [0.05, 0.1) is 24.8 Å². The maximum Gasteiger partial charge on any atom is 0.169 e. The minimum absolute atomic E-state index is 0.416. The molecule has 0 spiro atoms. The zero-order chi connectivity index (χ0) is 16.1. The zero-order valence-corrected chi connectivity index (χ0v) is 13.7. The molecule has 0 saturated carbocycles. The third-order valence-electron chi connectivity index (χ3n) is 4.75. The third-order valence-corrected chi connectivity index (χ3v) is 4.75. The van der Waals surface area contributed by atoms with Gasteiger partial charge in [-0.15, -0.1) is 0 Å². The van der Waals surface area contributed by atoms with Gasteiger partial charge in [0.1, 0.15) is 12.4 Å². The molecule has 0 radical (unpaired) electrons. The van der Waals surface area contributed by atoms with Crippen LogP contribution in [0.25, 0.3) is 0 Å². The van der Waals surface area contributed by atoms with Crippen LogP contribution in [0.4, 0.5) is 0 Å². The Bertz CT molecular complexity index is 564. The van der Waals surface area contributed by atoms with E-state index in [1.54, 1.807) is 12.1 Å². The van der Waals surface area contributed by atoms with Crippen molar-refractivity contribution < 1.29 is 14.2 Å². The van der Waals surface area contributed by atoms with Gasteiger partial charge < -0.3 is 14.2 Å². The van der Waals surface area contributed by atoms with Gasteiger partial charge in [0.15, 0.2) is 5.79 Å². The molecule has 2 aliphatic heterocycles. The SMILES string of the molecule is CC1([C@@H]2CCCN(CCOc3cccc(C#N)c3)C2)OCCO1. The molecule has 5 nitrogen and oxygen atoms in total. The summed E-state index contributed by atoms with van der Waals surface area (Å²) >= 11 is 0. The largest absolute Gasteiger partial charge is 0.492 e. The molecular formula is C18H24N2O3. The molecule has 0 unspecified atom stereocenters. The quantitative estimate of drug-likeness (QED) is 0.835. The molecule has 23 heavy (non-hydrogen) atoms. The molecule has 0 bridgehead atoms. The van der Waals surface area contributed by atoms with Gasteiger partial charge in [-0.3, -0.25) is 4.90 Å². The van der Waals surface area contributed by atoms with E-state index in [4.69, 9.17) is 19.5 Å². The summed E-state index contributed by atoms with van der Waals surface area (Å²) in [6.45, 7) is 7.05. The molecule has 124 valence electrons. The Balaban J connectivity index is 1.47. The van der Waals surface area contributed by atoms with Crippen molar-refractivity contribution in [3.05, 3.63) is 29.8 Å². The van der Waals surface area contributed by atoms with Crippen molar-refractivity contribution in [2.75, 3.05) is 39.5 Å². The van der Waals surface area contributed by atoms with Crippen LogP contribution in [0.1, 0.15) is 25.3 Å². The van der Waals surface area contributed by atoms with Crippen molar-refractivity contribution >= 4 is 0 Å². The zero-order valence-electron chi connectivity index (χ0n) is 13.7. The maximum absolute atomic E-state index is 8.91.